The van der Waals surface area contributed by atoms with E-state index < -0.39 is 18.3 Å². The molecule has 3 heterocycles. The molecule has 1 unspecified atom stereocenters. The van der Waals surface area contributed by atoms with Gasteiger partial charge in [0.2, 0.25) is 0 Å². The normalized spacial score (nSPS) is 24.2. The third-order valence-corrected chi connectivity index (χ3v) is 7.39. The first-order valence-corrected chi connectivity index (χ1v) is 10.5. The molecule has 0 bridgehead atoms. The van der Waals surface area contributed by atoms with Gasteiger partial charge in [0, 0.05) is 24.0 Å². The summed E-state index contributed by atoms with van der Waals surface area (Å²) in [6.45, 7) is 12.1. The Morgan fingerprint density at radius 3 is 2.59 bits per heavy atom. The fraction of sp³-hybridized carbons (Fsp3) is 0.524. The number of benzene rings is 1. The van der Waals surface area contributed by atoms with Gasteiger partial charge in [-0.2, -0.15) is 0 Å². The molecule has 6 heteroatoms. The van der Waals surface area contributed by atoms with Crippen molar-refractivity contribution >= 4 is 23.9 Å². The van der Waals surface area contributed by atoms with Gasteiger partial charge in [-0.1, -0.05) is 6.07 Å². The lowest BCUT2D eigenvalue weighted by molar-refractivity contribution is 0.00578. The van der Waals surface area contributed by atoms with Crippen LogP contribution in [0, 0.1) is 5.82 Å². The molecule has 0 amide bonds. The summed E-state index contributed by atoms with van der Waals surface area (Å²) >= 11 is 1.85. The first-order valence-electron chi connectivity index (χ1n) is 9.62. The molecule has 1 aromatic heterocycles. The predicted octanol–water partition coefficient (Wildman–Crippen LogP) is 4.31. The average molecular weight is 387 g/mol. The van der Waals surface area contributed by atoms with Gasteiger partial charge in [0.15, 0.2) is 0 Å². The summed E-state index contributed by atoms with van der Waals surface area (Å²) in [7, 11) is -0.544. The largest absolute Gasteiger partial charge is 0.495 e. The molecule has 27 heavy (non-hydrogen) atoms. The van der Waals surface area contributed by atoms with Gasteiger partial charge in [-0.05, 0) is 81.2 Å². The van der Waals surface area contributed by atoms with Crippen molar-refractivity contribution in [1.29, 1.82) is 0 Å². The number of nitrogens with zero attached hydrogens (tertiary/aromatic N) is 1. The van der Waals surface area contributed by atoms with E-state index in [1.54, 1.807) is 6.07 Å². The number of halogens is 1. The van der Waals surface area contributed by atoms with E-state index in [0.717, 1.165) is 30.5 Å². The second-order valence-electron chi connectivity index (χ2n) is 8.63. The van der Waals surface area contributed by atoms with Crippen LogP contribution in [0.1, 0.15) is 56.7 Å². The Morgan fingerprint density at radius 2 is 1.89 bits per heavy atom. The Balaban J connectivity index is 1.62. The zero-order valence-electron chi connectivity index (χ0n) is 16.7. The maximum Gasteiger partial charge on any atom is 0.495 e. The van der Waals surface area contributed by atoms with Crippen LogP contribution in [-0.4, -0.2) is 29.8 Å². The van der Waals surface area contributed by atoms with E-state index in [0.29, 0.717) is 6.04 Å². The molecular formula is C21H27BFNO2S. The molecule has 1 fully saturated rings. The second kappa shape index (κ2) is 6.69. The summed E-state index contributed by atoms with van der Waals surface area (Å²) in [6, 6.07) is 7.58. The summed E-state index contributed by atoms with van der Waals surface area (Å²) < 4.78 is 26.5. The zero-order valence-corrected chi connectivity index (χ0v) is 17.5. The topological polar surface area (TPSA) is 21.7 Å². The van der Waals surface area contributed by atoms with Crippen molar-refractivity contribution in [1.82, 2.24) is 4.90 Å². The molecule has 0 saturated carbocycles. The second-order valence-corrected chi connectivity index (χ2v) is 9.63. The molecule has 1 aromatic carbocycles. The highest BCUT2D eigenvalue weighted by Gasteiger charge is 2.52. The Morgan fingerprint density at radius 1 is 1.19 bits per heavy atom. The van der Waals surface area contributed by atoms with Gasteiger partial charge in [0.05, 0.1) is 11.2 Å². The number of rotatable bonds is 3. The van der Waals surface area contributed by atoms with Crippen LogP contribution in [0.4, 0.5) is 4.39 Å². The maximum atomic E-state index is 14.1. The van der Waals surface area contributed by atoms with Crippen molar-refractivity contribution in [3.8, 4) is 0 Å². The molecule has 3 nitrogen and oxygen atoms in total. The Hall–Kier alpha value is -1.21. The van der Waals surface area contributed by atoms with Crippen molar-refractivity contribution in [2.45, 2.75) is 64.8 Å². The van der Waals surface area contributed by atoms with Crippen molar-refractivity contribution < 1.29 is 13.7 Å². The number of thiophene rings is 1. The van der Waals surface area contributed by atoms with Crippen LogP contribution in [0.3, 0.4) is 0 Å². The van der Waals surface area contributed by atoms with Crippen LogP contribution in [0.25, 0.3) is 0 Å². The molecule has 0 spiro atoms. The van der Waals surface area contributed by atoms with E-state index in [1.807, 2.05) is 45.1 Å². The van der Waals surface area contributed by atoms with E-state index in [-0.39, 0.29) is 5.82 Å². The highest BCUT2D eigenvalue weighted by atomic mass is 32.1. The predicted molar refractivity (Wildman–Crippen MR) is 109 cm³/mol. The fourth-order valence-electron chi connectivity index (χ4n) is 3.90. The Labute approximate surface area is 165 Å². The molecule has 2 aromatic rings. The monoisotopic (exact) mass is 387 g/mol. The molecule has 2 aliphatic rings. The van der Waals surface area contributed by atoms with E-state index in [9.17, 15) is 4.39 Å². The lowest BCUT2D eigenvalue weighted by Crippen LogP contribution is -2.41. The molecule has 0 aliphatic carbocycles. The lowest BCUT2D eigenvalue weighted by Gasteiger charge is -2.34. The zero-order chi connectivity index (χ0) is 19.4. The van der Waals surface area contributed by atoms with Crippen LogP contribution in [0.5, 0.6) is 0 Å². The Bertz CT molecular complexity index is 834. The smallest absolute Gasteiger partial charge is 0.399 e. The van der Waals surface area contributed by atoms with E-state index >= 15 is 0 Å². The van der Waals surface area contributed by atoms with Crippen LogP contribution < -0.4 is 5.46 Å². The molecule has 1 atom stereocenters. The minimum atomic E-state index is -0.544. The summed E-state index contributed by atoms with van der Waals surface area (Å²) in [5, 5.41) is 2.18. The summed E-state index contributed by atoms with van der Waals surface area (Å²) in [4.78, 5) is 3.95. The van der Waals surface area contributed by atoms with Gasteiger partial charge in [0.1, 0.15) is 5.82 Å². The quantitative estimate of drug-likeness (QED) is 0.733. The fourth-order valence-corrected chi connectivity index (χ4v) is 4.86. The average Bonchev–Trinajstić information content (AvgIpc) is 3.14. The SMILES string of the molecule is CC1c2ccsc2CCN1Cc1ccc(F)cc1B1OC(C)(C)C(C)(C)O1. The number of hydrogen-bond donors (Lipinski definition) is 0. The van der Waals surface area contributed by atoms with Gasteiger partial charge in [0.25, 0.3) is 0 Å². The van der Waals surface area contributed by atoms with Crippen molar-refractivity contribution in [3.05, 3.63) is 51.5 Å². The minimum absolute atomic E-state index is 0.254. The van der Waals surface area contributed by atoms with Crippen molar-refractivity contribution in [3.63, 3.8) is 0 Å². The number of fused-ring (bicyclic) bond motifs is 1. The van der Waals surface area contributed by atoms with Crippen LogP contribution in [0.15, 0.2) is 29.6 Å². The van der Waals surface area contributed by atoms with Gasteiger partial charge in [-0.25, -0.2) is 4.39 Å². The Kier molecular flexibility index (Phi) is 4.74. The first-order chi connectivity index (χ1) is 12.7. The molecule has 144 valence electrons. The molecule has 2 aliphatic heterocycles. The van der Waals surface area contributed by atoms with Gasteiger partial charge in [-0.15, -0.1) is 11.3 Å². The molecule has 0 N–H and O–H groups in total. The van der Waals surface area contributed by atoms with Crippen LogP contribution in [0.2, 0.25) is 0 Å². The highest BCUT2D eigenvalue weighted by Crippen LogP contribution is 2.37. The van der Waals surface area contributed by atoms with E-state index in [2.05, 4.69) is 23.3 Å². The van der Waals surface area contributed by atoms with Gasteiger partial charge >= 0.3 is 7.12 Å². The molecular weight excluding hydrogens is 360 g/mol. The maximum absolute atomic E-state index is 14.1. The minimum Gasteiger partial charge on any atom is -0.399 e. The summed E-state index contributed by atoms with van der Waals surface area (Å²) in [5.74, 6) is -0.254. The summed E-state index contributed by atoms with van der Waals surface area (Å²) in [5.41, 5.74) is 2.42. The third kappa shape index (κ3) is 3.37. The van der Waals surface area contributed by atoms with E-state index in [4.69, 9.17) is 9.31 Å². The first kappa shape index (κ1) is 19.1. The lowest BCUT2D eigenvalue weighted by atomic mass is 9.75. The van der Waals surface area contributed by atoms with E-state index in [1.165, 1.54) is 16.5 Å². The van der Waals surface area contributed by atoms with Crippen molar-refractivity contribution in [2.75, 3.05) is 6.54 Å². The van der Waals surface area contributed by atoms with Crippen LogP contribution >= 0.6 is 11.3 Å². The third-order valence-electron chi connectivity index (χ3n) is 6.39. The standard InChI is InChI=1S/C21H27BFNO2S/c1-14-17-9-11-27-19(17)8-10-24(14)13-15-6-7-16(23)12-18(15)22-25-20(2,3)21(4,5)26-22/h6-7,9,11-12,14H,8,10,13H2,1-5H3. The van der Waals surface area contributed by atoms with Crippen molar-refractivity contribution in [2.24, 2.45) is 0 Å². The van der Waals surface area contributed by atoms with Crippen LogP contribution in [-0.2, 0) is 22.3 Å². The number of hydrogen-bond acceptors (Lipinski definition) is 4. The molecule has 0 radical (unpaired) electrons. The molecule has 1 saturated heterocycles. The summed E-state index contributed by atoms with van der Waals surface area (Å²) in [6.07, 6.45) is 1.07. The highest BCUT2D eigenvalue weighted by molar-refractivity contribution is 7.10. The van der Waals surface area contributed by atoms with Gasteiger partial charge < -0.3 is 9.31 Å². The molecule has 4 rings (SSSR count). The van der Waals surface area contributed by atoms with Gasteiger partial charge in [-0.3, -0.25) is 4.90 Å².